The van der Waals surface area contributed by atoms with E-state index in [1.54, 1.807) is 0 Å². The predicted octanol–water partition coefficient (Wildman–Crippen LogP) is 3.00. The van der Waals surface area contributed by atoms with E-state index in [4.69, 9.17) is 0 Å². The van der Waals surface area contributed by atoms with E-state index >= 15 is 0 Å². The number of carbonyl (C=O) groups excluding carboxylic acids is 1. The molecule has 158 valence electrons. The van der Waals surface area contributed by atoms with E-state index in [-0.39, 0.29) is 5.91 Å². The molecule has 0 fully saturated rings. The first-order valence-corrected chi connectivity index (χ1v) is 10.5. The van der Waals surface area contributed by atoms with Crippen molar-refractivity contribution >= 4 is 11.9 Å². The minimum Gasteiger partial charge on any atom is -0.357 e. The maximum Gasteiger partial charge on any atom is 0.251 e. The van der Waals surface area contributed by atoms with Gasteiger partial charge in [0.05, 0.1) is 6.54 Å². The fraction of sp³-hybridized carbons (Fsp3) is 0.636. The molecule has 1 amide bonds. The van der Waals surface area contributed by atoms with Gasteiger partial charge >= 0.3 is 0 Å². The molecule has 3 N–H and O–H groups in total. The average molecular weight is 390 g/mol. The van der Waals surface area contributed by atoms with Crippen LogP contribution >= 0.6 is 0 Å². The lowest BCUT2D eigenvalue weighted by Gasteiger charge is -2.30. The van der Waals surface area contributed by atoms with E-state index in [2.05, 4.69) is 60.5 Å². The van der Waals surface area contributed by atoms with Gasteiger partial charge in [-0.2, -0.15) is 0 Å². The van der Waals surface area contributed by atoms with Crippen molar-refractivity contribution in [1.29, 1.82) is 0 Å². The molecule has 0 saturated carbocycles. The second-order valence-electron chi connectivity index (χ2n) is 7.46. The van der Waals surface area contributed by atoms with Gasteiger partial charge < -0.3 is 16.0 Å². The van der Waals surface area contributed by atoms with E-state index in [9.17, 15) is 4.79 Å². The van der Waals surface area contributed by atoms with E-state index in [0.29, 0.717) is 30.7 Å². The van der Waals surface area contributed by atoms with Crippen LogP contribution in [0.4, 0.5) is 0 Å². The van der Waals surface area contributed by atoms with Gasteiger partial charge in [-0.25, -0.2) is 4.99 Å². The van der Waals surface area contributed by atoms with Gasteiger partial charge in [0.1, 0.15) is 0 Å². The van der Waals surface area contributed by atoms with Crippen LogP contribution in [0.25, 0.3) is 0 Å². The summed E-state index contributed by atoms with van der Waals surface area (Å²) in [5.74, 6) is 0.768. The lowest BCUT2D eigenvalue weighted by molar-refractivity contribution is 0.0955. The van der Waals surface area contributed by atoms with Crippen molar-refractivity contribution < 1.29 is 4.79 Å². The number of amides is 1. The average Bonchev–Trinajstić information content (AvgIpc) is 2.65. The number of nitrogens with one attached hydrogen (secondary N) is 3. The highest BCUT2D eigenvalue weighted by Crippen LogP contribution is 2.07. The van der Waals surface area contributed by atoms with E-state index in [1.165, 1.54) is 0 Å². The highest BCUT2D eigenvalue weighted by atomic mass is 16.1. The van der Waals surface area contributed by atoms with Gasteiger partial charge in [-0.1, -0.05) is 12.1 Å². The molecule has 1 aromatic carbocycles. The third kappa shape index (κ3) is 8.74. The Morgan fingerprint density at radius 1 is 1.04 bits per heavy atom. The quantitative estimate of drug-likeness (QED) is 0.309. The monoisotopic (exact) mass is 389 g/mol. The van der Waals surface area contributed by atoms with Crippen molar-refractivity contribution in [2.45, 2.75) is 66.6 Å². The summed E-state index contributed by atoms with van der Waals surface area (Å²) >= 11 is 0. The van der Waals surface area contributed by atoms with Crippen molar-refractivity contribution in [2.75, 3.05) is 26.2 Å². The molecule has 1 rings (SSSR count). The largest absolute Gasteiger partial charge is 0.357 e. The van der Waals surface area contributed by atoms with Gasteiger partial charge in [0.2, 0.25) is 0 Å². The summed E-state index contributed by atoms with van der Waals surface area (Å²) in [6.07, 6.45) is 1.06. The zero-order valence-electron chi connectivity index (χ0n) is 18.5. The van der Waals surface area contributed by atoms with Crippen LogP contribution in [-0.4, -0.2) is 55.0 Å². The Morgan fingerprint density at radius 2 is 1.71 bits per heavy atom. The standard InChI is InChI=1S/C22H39N5O/c1-7-23-21(28)20-12-9-11-19(15-20)16-26-22(24-8-2)25-13-10-14-27(17(3)4)18(5)6/h9,11-12,15,17-18H,7-8,10,13-14,16H2,1-6H3,(H,23,28)(H2,24,25,26). The second-order valence-corrected chi connectivity index (χ2v) is 7.46. The van der Waals surface area contributed by atoms with Crippen LogP contribution in [0.2, 0.25) is 0 Å². The summed E-state index contributed by atoms with van der Waals surface area (Å²) in [4.78, 5) is 19.2. The molecule has 6 heteroatoms. The zero-order chi connectivity index (χ0) is 20.9. The maximum absolute atomic E-state index is 12.0. The Hall–Kier alpha value is -2.08. The van der Waals surface area contributed by atoms with Gasteiger partial charge in [0, 0.05) is 43.8 Å². The van der Waals surface area contributed by atoms with Gasteiger partial charge in [-0.3, -0.25) is 9.69 Å². The molecule has 28 heavy (non-hydrogen) atoms. The molecule has 0 radical (unpaired) electrons. The van der Waals surface area contributed by atoms with Crippen molar-refractivity contribution in [3.63, 3.8) is 0 Å². The van der Waals surface area contributed by atoms with Crippen LogP contribution in [0.3, 0.4) is 0 Å². The minimum absolute atomic E-state index is 0.0433. The van der Waals surface area contributed by atoms with E-state index in [1.807, 2.05) is 31.2 Å². The summed E-state index contributed by atoms with van der Waals surface area (Å²) in [5, 5.41) is 9.53. The Morgan fingerprint density at radius 3 is 2.32 bits per heavy atom. The first-order chi connectivity index (χ1) is 13.4. The number of guanidine groups is 1. The third-order valence-corrected chi connectivity index (χ3v) is 4.50. The van der Waals surface area contributed by atoms with Crippen LogP contribution < -0.4 is 16.0 Å². The highest BCUT2D eigenvalue weighted by molar-refractivity contribution is 5.94. The number of benzene rings is 1. The van der Waals surface area contributed by atoms with Gasteiger partial charge in [-0.05, 0) is 65.7 Å². The molecular formula is C22H39N5O. The molecule has 6 nitrogen and oxygen atoms in total. The van der Waals surface area contributed by atoms with E-state index in [0.717, 1.165) is 37.6 Å². The van der Waals surface area contributed by atoms with Crippen molar-refractivity contribution in [3.8, 4) is 0 Å². The number of rotatable bonds is 11. The number of hydrogen-bond acceptors (Lipinski definition) is 3. The number of nitrogens with zero attached hydrogens (tertiary/aromatic N) is 2. The molecule has 0 bridgehead atoms. The summed E-state index contributed by atoms with van der Waals surface area (Å²) in [6.45, 7) is 16.9. The molecule has 0 spiro atoms. The van der Waals surface area contributed by atoms with Crippen LogP contribution in [0, 0.1) is 0 Å². The Labute approximate surface area is 171 Å². The van der Waals surface area contributed by atoms with Crippen molar-refractivity contribution in [2.24, 2.45) is 4.99 Å². The maximum atomic E-state index is 12.0. The first-order valence-electron chi connectivity index (χ1n) is 10.5. The molecule has 0 aromatic heterocycles. The molecule has 0 aliphatic rings. The Bertz CT molecular complexity index is 605. The Kier molecular flexibility index (Phi) is 11.3. The van der Waals surface area contributed by atoms with Crippen molar-refractivity contribution in [3.05, 3.63) is 35.4 Å². The van der Waals surface area contributed by atoms with E-state index < -0.39 is 0 Å². The molecule has 0 unspecified atom stereocenters. The molecule has 0 heterocycles. The fourth-order valence-electron chi connectivity index (χ4n) is 3.17. The zero-order valence-corrected chi connectivity index (χ0v) is 18.5. The smallest absolute Gasteiger partial charge is 0.251 e. The fourth-order valence-corrected chi connectivity index (χ4v) is 3.17. The number of hydrogen-bond donors (Lipinski definition) is 3. The molecule has 0 saturated heterocycles. The molecule has 0 atom stereocenters. The normalized spacial score (nSPS) is 12.0. The molecule has 1 aromatic rings. The number of carbonyl (C=O) groups is 1. The van der Waals surface area contributed by atoms with Crippen LogP contribution in [-0.2, 0) is 6.54 Å². The molecule has 0 aliphatic heterocycles. The predicted molar refractivity (Wildman–Crippen MR) is 119 cm³/mol. The Balaban J connectivity index is 2.60. The van der Waals surface area contributed by atoms with Crippen LogP contribution in [0.15, 0.2) is 29.3 Å². The summed E-state index contributed by atoms with van der Waals surface area (Å²) in [7, 11) is 0. The lowest BCUT2D eigenvalue weighted by Crippen LogP contribution is -2.41. The van der Waals surface area contributed by atoms with Crippen LogP contribution in [0.5, 0.6) is 0 Å². The van der Waals surface area contributed by atoms with Gasteiger partial charge in [0.15, 0.2) is 5.96 Å². The highest BCUT2D eigenvalue weighted by Gasteiger charge is 2.12. The van der Waals surface area contributed by atoms with Gasteiger partial charge in [0.25, 0.3) is 5.91 Å². The molecule has 0 aliphatic carbocycles. The summed E-state index contributed by atoms with van der Waals surface area (Å²) in [5.41, 5.74) is 1.70. The first kappa shape index (κ1) is 24.0. The van der Waals surface area contributed by atoms with Crippen LogP contribution in [0.1, 0.15) is 63.9 Å². The summed E-state index contributed by atoms with van der Waals surface area (Å²) < 4.78 is 0. The summed E-state index contributed by atoms with van der Waals surface area (Å²) in [6, 6.07) is 8.75. The topological polar surface area (TPSA) is 68.8 Å². The number of aliphatic imine (C=N–C) groups is 1. The van der Waals surface area contributed by atoms with Gasteiger partial charge in [-0.15, -0.1) is 0 Å². The lowest BCUT2D eigenvalue weighted by atomic mass is 10.1. The SMILES string of the molecule is CCNC(=O)c1cccc(CN=C(NCC)NCCCN(C(C)C)C(C)C)c1. The second kappa shape index (κ2) is 13.2. The minimum atomic E-state index is -0.0433. The third-order valence-electron chi connectivity index (χ3n) is 4.50. The van der Waals surface area contributed by atoms with Crippen molar-refractivity contribution in [1.82, 2.24) is 20.9 Å². The molecular weight excluding hydrogens is 350 g/mol.